The van der Waals surface area contributed by atoms with Crippen LogP contribution in [0.1, 0.15) is 24.9 Å². The van der Waals surface area contributed by atoms with E-state index in [2.05, 4.69) is 5.32 Å². The normalized spacial score (nSPS) is 11.8. The molecule has 5 nitrogen and oxygen atoms in total. The molecule has 110 valence electrons. The first-order valence-electron chi connectivity index (χ1n) is 5.99. The number of benzene rings is 1. The van der Waals surface area contributed by atoms with Crippen molar-refractivity contribution in [1.29, 1.82) is 0 Å². The number of carboxylic acids is 1. The van der Waals surface area contributed by atoms with E-state index in [1.165, 1.54) is 11.9 Å². The smallest absolute Gasteiger partial charge is 0.317 e. The summed E-state index contributed by atoms with van der Waals surface area (Å²) in [5, 5.41) is 12.3. The van der Waals surface area contributed by atoms with Crippen LogP contribution in [-0.2, 0) is 4.79 Å². The summed E-state index contributed by atoms with van der Waals surface area (Å²) in [6, 6.07) is 4.38. The summed E-state index contributed by atoms with van der Waals surface area (Å²) < 4.78 is 0. The van der Waals surface area contributed by atoms with E-state index >= 15 is 0 Å². The molecule has 2 N–H and O–H groups in total. The molecule has 0 aliphatic rings. The standard InChI is InChI=1S/C13H16Cl2N2O3/c1-8(10-4-3-9(14)7-11(10)15)16-13(20)17(2)6-5-12(18)19/h3-4,7-8H,5-6H2,1-2H3,(H,16,20)(H,18,19). The Kier molecular flexibility index (Phi) is 6.10. The number of carbonyl (C=O) groups is 2. The molecule has 0 heterocycles. The van der Waals surface area contributed by atoms with Crippen LogP contribution < -0.4 is 5.32 Å². The van der Waals surface area contributed by atoms with Crippen LogP contribution in [0, 0.1) is 0 Å². The second kappa shape index (κ2) is 7.36. The number of aliphatic carboxylic acids is 1. The van der Waals surface area contributed by atoms with Gasteiger partial charge in [-0.15, -0.1) is 0 Å². The van der Waals surface area contributed by atoms with Crippen LogP contribution in [0.2, 0.25) is 10.0 Å². The molecule has 1 rings (SSSR count). The zero-order valence-corrected chi connectivity index (χ0v) is 12.7. The van der Waals surface area contributed by atoms with Gasteiger partial charge >= 0.3 is 12.0 Å². The quantitative estimate of drug-likeness (QED) is 0.876. The first kappa shape index (κ1) is 16.6. The lowest BCUT2D eigenvalue weighted by molar-refractivity contribution is -0.137. The number of urea groups is 1. The van der Waals surface area contributed by atoms with Crippen LogP contribution >= 0.6 is 23.2 Å². The summed E-state index contributed by atoms with van der Waals surface area (Å²) >= 11 is 11.9. The number of halogens is 2. The monoisotopic (exact) mass is 318 g/mol. The summed E-state index contributed by atoms with van der Waals surface area (Å²) in [5.74, 6) is -0.946. The van der Waals surface area contributed by atoms with Crippen LogP contribution in [0.25, 0.3) is 0 Å². The highest BCUT2D eigenvalue weighted by Gasteiger charge is 2.16. The maximum atomic E-state index is 11.9. The van der Waals surface area contributed by atoms with E-state index in [0.717, 1.165) is 5.56 Å². The molecule has 20 heavy (non-hydrogen) atoms. The Hall–Kier alpha value is -1.46. The van der Waals surface area contributed by atoms with Gasteiger partial charge in [0.2, 0.25) is 0 Å². The third-order valence-corrected chi connectivity index (χ3v) is 3.34. The lowest BCUT2D eigenvalue weighted by Gasteiger charge is -2.21. The highest BCUT2D eigenvalue weighted by molar-refractivity contribution is 6.35. The highest BCUT2D eigenvalue weighted by Crippen LogP contribution is 2.26. The van der Waals surface area contributed by atoms with Gasteiger partial charge in [0.1, 0.15) is 0 Å². The molecule has 0 aliphatic heterocycles. The van der Waals surface area contributed by atoms with Gasteiger partial charge in [0, 0.05) is 23.6 Å². The lowest BCUT2D eigenvalue weighted by Crippen LogP contribution is -2.39. The third-order valence-electron chi connectivity index (χ3n) is 2.78. The number of carboxylic acid groups (broad SMARTS) is 1. The number of amides is 2. The van der Waals surface area contributed by atoms with Gasteiger partial charge in [-0.05, 0) is 24.6 Å². The molecular formula is C13H16Cl2N2O3. The Morgan fingerprint density at radius 2 is 2.05 bits per heavy atom. The summed E-state index contributed by atoms with van der Waals surface area (Å²) in [6.45, 7) is 1.93. The van der Waals surface area contributed by atoms with Crippen LogP contribution in [0.4, 0.5) is 4.79 Å². The average Bonchev–Trinajstić information content (AvgIpc) is 2.35. The fraction of sp³-hybridized carbons (Fsp3) is 0.385. The third kappa shape index (κ3) is 4.90. The van der Waals surface area contributed by atoms with Crippen LogP contribution in [0.5, 0.6) is 0 Å². The first-order chi connectivity index (χ1) is 9.31. The van der Waals surface area contributed by atoms with Gasteiger partial charge in [0.05, 0.1) is 12.5 Å². The molecule has 7 heteroatoms. The van der Waals surface area contributed by atoms with Gasteiger partial charge in [-0.3, -0.25) is 4.79 Å². The van der Waals surface area contributed by atoms with Crippen molar-refractivity contribution in [3.8, 4) is 0 Å². The van der Waals surface area contributed by atoms with E-state index in [0.29, 0.717) is 10.0 Å². The predicted molar refractivity (Wildman–Crippen MR) is 78.3 cm³/mol. The molecule has 2 amide bonds. The van der Waals surface area contributed by atoms with E-state index in [-0.39, 0.29) is 25.0 Å². The molecule has 1 aromatic carbocycles. The molecule has 0 saturated carbocycles. The number of hydrogen-bond acceptors (Lipinski definition) is 2. The second-order valence-electron chi connectivity index (χ2n) is 4.40. The van der Waals surface area contributed by atoms with Crippen molar-refractivity contribution >= 4 is 35.2 Å². The summed E-state index contributed by atoms with van der Waals surface area (Å²) in [5.41, 5.74) is 0.746. The molecule has 1 atom stereocenters. The van der Waals surface area contributed by atoms with Crippen molar-refractivity contribution in [2.24, 2.45) is 0 Å². The van der Waals surface area contributed by atoms with Crippen LogP contribution in [-0.4, -0.2) is 35.6 Å². The van der Waals surface area contributed by atoms with E-state index in [9.17, 15) is 9.59 Å². The van der Waals surface area contributed by atoms with Crippen molar-refractivity contribution in [3.63, 3.8) is 0 Å². The maximum Gasteiger partial charge on any atom is 0.317 e. The molecule has 0 aromatic heterocycles. The summed E-state index contributed by atoms with van der Waals surface area (Å²) in [7, 11) is 1.54. The van der Waals surface area contributed by atoms with E-state index in [4.69, 9.17) is 28.3 Å². The minimum absolute atomic E-state index is 0.0972. The van der Waals surface area contributed by atoms with Crippen molar-refractivity contribution in [3.05, 3.63) is 33.8 Å². The van der Waals surface area contributed by atoms with Crippen molar-refractivity contribution in [2.75, 3.05) is 13.6 Å². The molecule has 0 bridgehead atoms. The minimum Gasteiger partial charge on any atom is -0.481 e. The van der Waals surface area contributed by atoms with Gasteiger partial charge in [0.15, 0.2) is 0 Å². The Balaban J connectivity index is 2.63. The average molecular weight is 319 g/mol. The zero-order valence-electron chi connectivity index (χ0n) is 11.2. The molecule has 0 radical (unpaired) electrons. The number of nitrogens with one attached hydrogen (secondary N) is 1. The largest absolute Gasteiger partial charge is 0.481 e. The van der Waals surface area contributed by atoms with E-state index in [1.54, 1.807) is 25.1 Å². The van der Waals surface area contributed by atoms with Crippen molar-refractivity contribution in [1.82, 2.24) is 10.2 Å². The maximum absolute atomic E-state index is 11.9. The Labute approximate surface area is 127 Å². The van der Waals surface area contributed by atoms with Gasteiger partial charge in [0.25, 0.3) is 0 Å². The number of hydrogen-bond donors (Lipinski definition) is 2. The lowest BCUT2D eigenvalue weighted by atomic mass is 10.1. The highest BCUT2D eigenvalue weighted by atomic mass is 35.5. The van der Waals surface area contributed by atoms with Crippen LogP contribution in [0.3, 0.4) is 0 Å². The first-order valence-corrected chi connectivity index (χ1v) is 6.75. The Bertz CT molecular complexity index is 508. The summed E-state index contributed by atoms with van der Waals surface area (Å²) in [6.07, 6.45) is -0.0972. The Morgan fingerprint density at radius 3 is 2.60 bits per heavy atom. The molecule has 0 spiro atoms. The predicted octanol–water partition coefficient (Wildman–Crippen LogP) is 3.17. The molecule has 0 fully saturated rings. The van der Waals surface area contributed by atoms with Gasteiger partial charge in [-0.1, -0.05) is 29.3 Å². The zero-order chi connectivity index (χ0) is 15.3. The van der Waals surface area contributed by atoms with Crippen LogP contribution in [0.15, 0.2) is 18.2 Å². The fourth-order valence-electron chi connectivity index (χ4n) is 1.59. The molecule has 0 aliphatic carbocycles. The number of carbonyl (C=O) groups excluding carboxylic acids is 1. The minimum atomic E-state index is -0.946. The van der Waals surface area contributed by atoms with Gasteiger partial charge < -0.3 is 15.3 Å². The fourth-order valence-corrected chi connectivity index (χ4v) is 2.16. The Morgan fingerprint density at radius 1 is 1.40 bits per heavy atom. The van der Waals surface area contributed by atoms with Crippen molar-refractivity contribution in [2.45, 2.75) is 19.4 Å². The van der Waals surface area contributed by atoms with Gasteiger partial charge in [-0.25, -0.2) is 4.79 Å². The molecule has 0 saturated heterocycles. The molecular weight excluding hydrogens is 303 g/mol. The topological polar surface area (TPSA) is 69.6 Å². The molecule has 1 unspecified atom stereocenters. The number of rotatable bonds is 5. The van der Waals surface area contributed by atoms with E-state index < -0.39 is 5.97 Å². The SMILES string of the molecule is CC(NC(=O)N(C)CCC(=O)O)c1ccc(Cl)cc1Cl. The van der Waals surface area contributed by atoms with Crippen molar-refractivity contribution < 1.29 is 14.7 Å². The van der Waals surface area contributed by atoms with E-state index in [1.807, 2.05) is 0 Å². The second-order valence-corrected chi connectivity index (χ2v) is 5.25. The molecule has 1 aromatic rings. The number of nitrogens with zero attached hydrogens (tertiary/aromatic N) is 1. The van der Waals surface area contributed by atoms with Gasteiger partial charge in [-0.2, -0.15) is 0 Å². The summed E-state index contributed by atoms with van der Waals surface area (Å²) in [4.78, 5) is 23.6.